The average molecular weight is 164 g/mol. The number of hydrogen-bond donors (Lipinski definition) is 0. The SMILES string of the molecule is CC(C)=C/C=C1\CCCCC1=O. The maximum Gasteiger partial charge on any atom is 0.158 e. The first kappa shape index (κ1) is 9.24. The van der Waals surface area contributed by atoms with Crippen molar-refractivity contribution in [3.63, 3.8) is 0 Å². The first-order valence-corrected chi connectivity index (χ1v) is 4.57. The van der Waals surface area contributed by atoms with Gasteiger partial charge in [0.1, 0.15) is 0 Å². The summed E-state index contributed by atoms with van der Waals surface area (Å²) >= 11 is 0. The highest BCUT2D eigenvalue weighted by Crippen LogP contribution is 2.19. The van der Waals surface area contributed by atoms with Crippen LogP contribution < -0.4 is 0 Å². The molecule has 0 aliphatic heterocycles. The zero-order valence-electron chi connectivity index (χ0n) is 7.89. The molecule has 0 radical (unpaired) electrons. The van der Waals surface area contributed by atoms with E-state index < -0.39 is 0 Å². The van der Waals surface area contributed by atoms with Crippen LogP contribution in [0.4, 0.5) is 0 Å². The molecule has 0 aromatic carbocycles. The van der Waals surface area contributed by atoms with Gasteiger partial charge in [-0.3, -0.25) is 4.79 Å². The lowest BCUT2D eigenvalue weighted by atomic mass is 9.93. The topological polar surface area (TPSA) is 17.1 Å². The van der Waals surface area contributed by atoms with Crippen molar-refractivity contribution < 1.29 is 4.79 Å². The fraction of sp³-hybridized carbons (Fsp3) is 0.545. The Balaban J connectivity index is 2.65. The van der Waals surface area contributed by atoms with Crippen LogP contribution in [0.1, 0.15) is 39.5 Å². The molecule has 0 spiro atoms. The molecule has 0 unspecified atom stereocenters. The molecule has 1 saturated carbocycles. The lowest BCUT2D eigenvalue weighted by molar-refractivity contribution is -0.116. The van der Waals surface area contributed by atoms with Crippen LogP contribution in [0, 0.1) is 0 Å². The molecule has 0 aromatic rings. The van der Waals surface area contributed by atoms with Gasteiger partial charge in [-0.2, -0.15) is 0 Å². The van der Waals surface area contributed by atoms with Crippen LogP contribution in [-0.2, 0) is 4.79 Å². The largest absolute Gasteiger partial charge is 0.295 e. The maximum absolute atomic E-state index is 11.3. The normalized spacial score (nSPS) is 21.2. The molecule has 1 fully saturated rings. The second kappa shape index (κ2) is 4.24. The van der Waals surface area contributed by atoms with Gasteiger partial charge >= 0.3 is 0 Å². The minimum atomic E-state index is 0.346. The number of allylic oxidation sites excluding steroid dienone is 4. The van der Waals surface area contributed by atoms with Crippen LogP contribution in [-0.4, -0.2) is 5.78 Å². The molecular formula is C11H16O. The molecule has 0 N–H and O–H groups in total. The van der Waals surface area contributed by atoms with E-state index in [1.165, 1.54) is 12.0 Å². The van der Waals surface area contributed by atoms with Crippen LogP contribution in [0.5, 0.6) is 0 Å². The number of hydrogen-bond acceptors (Lipinski definition) is 1. The molecule has 1 aliphatic carbocycles. The summed E-state index contributed by atoms with van der Waals surface area (Å²) < 4.78 is 0. The third-order valence-electron chi connectivity index (χ3n) is 2.08. The Labute approximate surface area is 74.2 Å². The molecule has 0 heterocycles. The van der Waals surface area contributed by atoms with Gasteiger partial charge in [0.15, 0.2) is 5.78 Å². The number of Topliss-reactive ketones (excluding diaryl/α,β-unsaturated/α-hetero) is 1. The highest BCUT2D eigenvalue weighted by Gasteiger charge is 2.13. The van der Waals surface area contributed by atoms with Gasteiger partial charge in [-0.25, -0.2) is 0 Å². The van der Waals surface area contributed by atoms with Crippen molar-refractivity contribution in [1.82, 2.24) is 0 Å². The van der Waals surface area contributed by atoms with Crippen molar-refractivity contribution in [1.29, 1.82) is 0 Å². The van der Waals surface area contributed by atoms with Crippen molar-refractivity contribution in [2.45, 2.75) is 39.5 Å². The van der Waals surface area contributed by atoms with Crippen molar-refractivity contribution in [3.8, 4) is 0 Å². The molecule has 0 aromatic heterocycles. The number of rotatable bonds is 1. The quantitative estimate of drug-likeness (QED) is 0.544. The third kappa shape index (κ3) is 2.65. The highest BCUT2D eigenvalue weighted by molar-refractivity contribution is 5.96. The smallest absolute Gasteiger partial charge is 0.158 e. The molecule has 1 aliphatic rings. The molecule has 0 bridgehead atoms. The van der Waals surface area contributed by atoms with E-state index in [-0.39, 0.29) is 0 Å². The van der Waals surface area contributed by atoms with Gasteiger partial charge in [0, 0.05) is 6.42 Å². The van der Waals surface area contributed by atoms with Crippen molar-refractivity contribution in [3.05, 3.63) is 23.3 Å². The summed E-state index contributed by atoms with van der Waals surface area (Å²) in [7, 11) is 0. The minimum absolute atomic E-state index is 0.346. The summed E-state index contributed by atoms with van der Waals surface area (Å²) in [5.74, 6) is 0.346. The van der Waals surface area contributed by atoms with Crippen LogP contribution >= 0.6 is 0 Å². The van der Waals surface area contributed by atoms with Gasteiger partial charge in [-0.15, -0.1) is 0 Å². The second-order valence-electron chi connectivity index (χ2n) is 3.57. The summed E-state index contributed by atoms with van der Waals surface area (Å²) in [5.41, 5.74) is 2.27. The Kier molecular flexibility index (Phi) is 3.27. The van der Waals surface area contributed by atoms with Crippen molar-refractivity contribution >= 4 is 5.78 Å². The highest BCUT2D eigenvalue weighted by atomic mass is 16.1. The van der Waals surface area contributed by atoms with Crippen LogP contribution in [0.2, 0.25) is 0 Å². The monoisotopic (exact) mass is 164 g/mol. The number of carbonyl (C=O) groups is 1. The minimum Gasteiger partial charge on any atom is -0.295 e. The third-order valence-corrected chi connectivity index (χ3v) is 2.08. The fourth-order valence-corrected chi connectivity index (χ4v) is 1.34. The van der Waals surface area contributed by atoms with E-state index in [0.717, 1.165) is 24.8 Å². The van der Waals surface area contributed by atoms with Gasteiger partial charge < -0.3 is 0 Å². The van der Waals surface area contributed by atoms with Gasteiger partial charge in [-0.1, -0.05) is 17.7 Å². The Morgan fingerprint density at radius 2 is 1.92 bits per heavy atom. The van der Waals surface area contributed by atoms with Gasteiger partial charge in [-0.05, 0) is 38.7 Å². The predicted octanol–water partition coefficient (Wildman–Crippen LogP) is 3.02. The van der Waals surface area contributed by atoms with Crippen LogP contribution in [0.3, 0.4) is 0 Å². The van der Waals surface area contributed by atoms with E-state index in [0.29, 0.717) is 5.78 Å². The predicted molar refractivity (Wildman–Crippen MR) is 51.0 cm³/mol. The van der Waals surface area contributed by atoms with Crippen molar-refractivity contribution in [2.75, 3.05) is 0 Å². The Hall–Kier alpha value is -0.850. The number of ketones is 1. The standard InChI is InChI=1S/C11H16O/c1-9(2)7-8-10-5-3-4-6-11(10)12/h7-8H,3-6H2,1-2H3/b10-8+. The van der Waals surface area contributed by atoms with E-state index in [4.69, 9.17) is 0 Å². The molecule has 0 atom stereocenters. The zero-order valence-corrected chi connectivity index (χ0v) is 7.89. The lowest BCUT2D eigenvalue weighted by Crippen LogP contribution is -2.07. The molecule has 1 rings (SSSR count). The Bertz CT molecular complexity index is 229. The van der Waals surface area contributed by atoms with E-state index >= 15 is 0 Å². The van der Waals surface area contributed by atoms with E-state index in [2.05, 4.69) is 0 Å². The summed E-state index contributed by atoms with van der Waals surface area (Å²) in [6, 6.07) is 0. The van der Waals surface area contributed by atoms with E-state index in [1.54, 1.807) is 0 Å². The Morgan fingerprint density at radius 1 is 1.25 bits per heavy atom. The molecular weight excluding hydrogens is 148 g/mol. The maximum atomic E-state index is 11.3. The molecule has 12 heavy (non-hydrogen) atoms. The van der Waals surface area contributed by atoms with Gasteiger partial charge in [0.2, 0.25) is 0 Å². The summed E-state index contributed by atoms with van der Waals surface area (Å²) in [6.45, 7) is 4.09. The first-order valence-electron chi connectivity index (χ1n) is 4.57. The Morgan fingerprint density at radius 3 is 2.50 bits per heavy atom. The lowest BCUT2D eigenvalue weighted by Gasteiger charge is -2.11. The first-order chi connectivity index (χ1) is 5.70. The molecule has 1 nitrogen and oxygen atoms in total. The van der Waals surface area contributed by atoms with Crippen LogP contribution in [0.15, 0.2) is 23.3 Å². The van der Waals surface area contributed by atoms with Gasteiger partial charge in [0.05, 0.1) is 0 Å². The molecule has 0 amide bonds. The molecule has 66 valence electrons. The summed E-state index contributed by atoms with van der Waals surface area (Å²) in [4.78, 5) is 11.3. The molecule has 0 saturated heterocycles. The van der Waals surface area contributed by atoms with Crippen LogP contribution in [0.25, 0.3) is 0 Å². The number of carbonyl (C=O) groups excluding carboxylic acids is 1. The van der Waals surface area contributed by atoms with Gasteiger partial charge in [0.25, 0.3) is 0 Å². The molecule has 1 heteroatoms. The second-order valence-corrected chi connectivity index (χ2v) is 3.57. The van der Waals surface area contributed by atoms with Crippen molar-refractivity contribution in [2.24, 2.45) is 0 Å². The van der Waals surface area contributed by atoms with E-state index in [9.17, 15) is 4.79 Å². The summed E-state index contributed by atoms with van der Waals surface area (Å²) in [6.07, 6.45) is 7.99. The fourth-order valence-electron chi connectivity index (χ4n) is 1.34. The zero-order chi connectivity index (χ0) is 8.97. The summed E-state index contributed by atoms with van der Waals surface area (Å²) in [5, 5.41) is 0. The average Bonchev–Trinajstić information content (AvgIpc) is 2.03. The van der Waals surface area contributed by atoms with E-state index in [1.807, 2.05) is 26.0 Å².